The highest BCUT2D eigenvalue weighted by molar-refractivity contribution is 6.35. The molecule has 0 unspecified atom stereocenters. The fraction of sp³-hybridized carbons (Fsp3) is 0.0741. The van der Waals surface area contributed by atoms with Crippen molar-refractivity contribution in [2.45, 2.75) is 6.54 Å². The molecule has 0 atom stereocenters. The largest absolute Gasteiger partial charge is 0.506 e. The van der Waals surface area contributed by atoms with E-state index in [2.05, 4.69) is 15.8 Å². The lowest BCUT2D eigenvalue weighted by Gasteiger charge is -2.12. The summed E-state index contributed by atoms with van der Waals surface area (Å²) in [4.78, 5) is 24.7. The van der Waals surface area contributed by atoms with E-state index in [-0.39, 0.29) is 35.4 Å². The Bertz CT molecular complexity index is 1510. The number of hydrogen-bond donors (Lipinski definition) is 3. The van der Waals surface area contributed by atoms with Crippen molar-refractivity contribution in [3.05, 3.63) is 105 Å². The Morgan fingerprint density at radius 1 is 0.919 bits per heavy atom. The highest BCUT2D eigenvalue weighted by Gasteiger charge is 2.10. The minimum absolute atomic E-state index is 0.0701. The fourth-order valence-corrected chi connectivity index (χ4v) is 4.12. The van der Waals surface area contributed by atoms with Gasteiger partial charge in [-0.25, -0.2) is 5.43 Å². The molecule has 0 aliphatic heterocycles. The first-order valence-electron chi connectivity index (χ1n) is 11.0. The van der Waals surface area contributed by atoms with E-state index in [9.17, 15) is 14.7 Å². The molecule has 0 heterocycles. The van der Waals surface area contributed by atoms with Crippen molar-refractivity contribution < 1.29 is 19.4 Å². The van der Waals surface area contributed by atoms with Crippen LogP contribution in [-0.2, 0) is 11.3 Å². The third kappa shape index (κ3) is 6.71. The average Bonchev–Trinajstić information content (AvgIpc) is 2.89. The van der Waals surface area contributed by atoms with E-state index < -0.39 is 5.91 Å². The summed E-state index contributed by atoms with van der Waals surface area (Å²) < 4.78 is 5.78. The van der Waals surface area contributed by atoms with Crippen LogP contribution in [0.4, 0.5) is 0 Å². The van der Waals surface area contributed by atoms with Crippen molar-refractivity contribution in [1.82, 2.24) is 10.7 Å². The standard InChI is InChI=1S/C27H20Cl3N3O4/c28-19-8-5-18(22(29)12-19)13-31-26(35)15-37-25-10-7-17(20-3-1-2-4-21(20)25)14-32-33-27(36)16-6-9-24(34)23(30)11-16/h1-12,14,34H,13,15H2,(H,31,35)(H,33,36). The number of halogens is 3. The molecule has 0 bridgehead atoms. The van der Waals surface area contributed by atoms with E-state index in [1.165, 1.54) is 24.4 Å². The van der Waals surface area contributed by atoms with Crippen LogP contribution in [0.5, 0.6) is 11.5 Å². The van der Waals surface area contributed by atoms with Gasteiger partial charge in [-0.3, -0.25) is 9.59 Å². The predicted molar refractivity (Wildman–Crippen MR) is 146 cm³/mol. The van der Waals surface area contributed by atoms with Crippen LogP contribution in [0.25, 0.3) is 10.8 Å². The maximum atomic E-state index is 12.3. The van der Waals surface area contributed by atoms with Crippen LogP contribution in [0.15, 0.2) is 77.9 Å². The number of phenolic OH excluding ortho intramolecular Hbond substituents is 1. The maximum Gasteiger partial charge on any atom is 0.271 e. The first kappa shape index (κ1) is 26.3. The zero-order valence-corrected chi connectivity index (χ0v) is 21.4. The fourth-order valence-electron chi connectivity index (χ4n) is 3.46. The highest BCUT2D eigenvalue weighted by Crippen LogP contribution is 2.28. The van der Waals surface area contributed by atoms with Crippen molar-refractivity contribution in [2.24, 2.45) is 5.10 Å². The normalized spacial score (nSPS) is 11.0. The molecular formula is C27H20Cl3N3O4. The molecule has 10 heteroatoms. The second-order valence-electron chi connectivity index (χ2n) is 7.86. The number of phenols is 1. The van der Waals surface area contributed by atoms with Gasteiger partial charge < -0.3 is 15.2 Å². The zero-order chi connectivity index (χ0) is 26.4. The van der Waals surface area contributed by atoms with Crippen LogP contribution in [0.2, 0.25) is 15.1 Å². The number of benzene rings is 4. The van der Waals surface area contributed by atoms with E-state index in [4.69, 9.17) is 39.5 Å². The van der Waals surface area contributed by atoms with Gasteiger partial charge in [0.25, 0.3) is 11.8 Å². The maximum absolute atomic E-state index is 12.3. The van der Waals surface area contributed by atoms with Crippen LogP contribution in [0, 0.1) is 0 Å². The number of hydrazone groups is 1. The van der Waals surface area contributed by atoms with Crippen molar-refractivity contribution in [3.8, 4) is 11.5 Å². The molecule has 4 aromatic carbocycles. The summed E-state index contributed by atoms with van der Waals surface area (Å²) in [6, 6.07) is 20.2. The zero-order valence-electron chi connectivity index (χ0n) is 19.2. The van der Waals surface area contributed by atoms with Crippen molar-refractivity contribution >= 4 is 63.6 Å². The van der Waals surface area contributed by atoms with Gasteiger partial charge >= 0.3 is 0 Å². The molecular weight excluding hydrogens is 537 g/mol. The molecule has 4 rings (SSSR count). The summed E-state index contributed by atoms with van der Waals surface area (Å²) in [5.74, 6) is -0.375. The molecule has 0 aromatic heterocycles. The number of carbonyl (C=O) groups is 2. The number of nitrogens with one attached hydrogen (secondary N) is 2. The highest BCUT2D eigenvalue weighted by atomic mass is 35.5. The molecule has 4 aromatic rings. The van der Waals surface area contributed by atoms with E-state index in [0.29, 0.717) is 15.8 Å². The molecule has 2 amide bonds. The van der Waals surface area contributed by atoms with Gasteiger partial charge in [0.05, 0.1) is 11.2 Å². The number of ether oxygens (including phenoxy) is 1. The van der Waals surface area contributed by atoms with Gasteiger partial charge in [-0.2, -0.15) is 5.10 Å². The van der Waals surface area contributed by atoms with E-state index in [1.54, 1.807) is 30.3 Å². The van der Waals surface area contributed by atoms with Crippen LogP contribution in [0.3, 0.4) is 0 Å². The Hall–Kier alpha value is -3.78. The molecule has 0 saturated carbocycles. The summed E-state index contributed by atoms with van der Waals surface area (Å²) in [5, 5.41) is 19.0. The summed E-state index contributed by atoms with van der Waals surface area (Å²) in [5.41, 5.74) is 4.17. The Morgan fingerprint density at radius 2 is 1.70 bits per heavy atom. The molecule has 0 fully saturated rings. The van der Waals surface area contributed by atoms with Crippen LogP contribution in [-0.4, -0.2) is 29.7 Å². The molecule has 7 nitrogen and oxygen atoms in total. The van der Waals surface area contributed by atoms with Gasteiger partial charge in [0.2, 0.25) is 0 Å². The van der Waals surface area contributed by atoms with Gasteiger partial charge in [-0.15, -0.1) is 0 Å². The monoisotopic (exact) mass is 555 g/mol. The lowest BCUT2D eigenvalue weighted by Crippen LogP contribution is -2.28. The number of hydrogen-bond acceptors (Lipinski definition) is 5. The molecule has 0 aliphatic rings. The number of nitrogens with zero attached hydrogens (tertiary/aromatic N) is 1. The van der Waals surface area contributed by atoms with Gasteiger partial charge in [0, 0.05) is 33.1 Å². The third-order valence-electron chi connectivity index (χ3n) is 5.35. The smallest absolute Gasteiger partial charge is 0.271 e. The first-order valence-corrected chi connectivity index (χ1v) is 12.1. The van der Waals surface area contributed by atoms with Crippen molar-refractivity contribution in [3.63, 3.8) is 0 Å². The first-order chi connectivity index (χ1) is 17.8. The van der Waals surface area contributed by atoms with Gasteiger partial charge in [0.15, 0.2) is 6.61 Å². The second-order valence-corrected chi connectivity index (χ2v) is 9.12. The number of aromatic hydroxyl groups is 1. The number of fused-ring (bicyclic) bond motifs is 1. The predicted octanol–water partition coefficient (Wildman–Crippen LogP) is 5.96. The molecule has 0 radical (unpaired) electrons. The molecule has 3 N–H and O–H groups in total. The Balaban J connectivity index is 1.40. The Morgan fingerprint density at radius 3 is 2.46 bits per heavy atom. The summed E-state index contributed by atoms with van der Waals surface area (Å²) in [7, 11) is 0. The lowest BCUT2D eigenvalue weighted by molar-refractivity contribution is -0.123. The van der Waals surface area contributed by atoms with Gasteiger partial charge in [-0.1, -0.05) is 65.1 Å². The average molecular weight is 557 g/mol. The SMILES string of the molecule is O=C(COc1ccc(C=NNC(=O)c2ccc(O)c(Cl)c2)c2ccccc12)NCc1ccc(Cl)cc1Cl. The number of amides is 2. The Kier molecular flexibility index (Phi) is 8.50. The van der Waals surface area contributed by atoms with Crippen molar-refractivity contribution in [1.29, 1.82) is 0 Å². The molecule has 0 aliphatic carbocycles. The summed E-state index contributed by atoms with van der Waals surface area (Å²) in [6.45, 7) is 0.0598. The molecule has 0 saturated heterocycles. The van der Waals surface area contributed by atoms with Crippen LogP contribution >= 0.6 is 34.8 Å². The van der Waals surface area contributed by atoms with E-state index in [1.807, 2.05) is 24.3 Å². The van der Waals surface area contributed by atoms with Crippen molar-refractivity contribution in [2.75, 3.05) is 6.61 Å². The Labute approximate surface area is 227 Å². The van der Waals surface area contributed by atoms with Crippen LogP contribution < -0.4 is 15.5 Å². The lowest BCUT2D eigenvalue weighted by atomic mass is 10.0. The number of carbonyl (C=O) groups excluding carboxylic acids is 2. The number of rotatable bonds is 8. The minimum Gasteiger partial charge on any atom is -0.506 e. The summed E-state index contributed by atoms with van der Waals surface area (Å²) in [6.07, 6.45) is 1.51. The summed E-state index contributed by atoms with van der Waals surface area (Å²) >= 11 is 17.9. The van der Waals surface area contributed by atoms with Gasteiger partial charge in [-0.05, 0) is 53.4 Å². The quantitative estimate of drug-likeness (QED) is 0.184. The molecule has 37 heavy (non-hydrogen) atoms. The topological polar surface area (TPSA) is 100 Å². The third-order valence-corrected chi connectivity index (χ3v) is 6.24. The van der Waals surface area contributed by atoms with E-state index in [0.717, 1.165) is 21.9 Å². The molecule has 0 spiro atoms. The second kappa shape index (κ2) is 12.0. The minimum atomic E-state index is -0.478. The van der Waals surface area contributed by atoms with E-state index >= 15 is 0 Å². The molecule has 188 valence electrons. The van der Waals surface area contributed by atoms with Crippen LogP contribution in [0.1, 0.15) is 21.5 Å². The van der Waals surface area contributed by atoms with Gasteiger partial charge in [0.1, 0.15) is 11.5 Å².